The van der Waals surface area contributed by atoms with Crippen molar-refractivity contribution in [3.8, 4) is 0 Å². The van der Waals surface area contributed by atoms with Crippen LogP contribution in [0.5, 0.6) is 0 Å². The third kappa shape index (κ3) is 4.94. The number of halogens is 5. The average Bonchev–Trinajstić information content (AvgIpc) is 3.38. The zero-order valence-corrected chi connectivity index (χ0v) is 19.5. The van der Waals surface area contributed by atoms with Crippen LogP contribution < -0.4 is 4.90 Å². The molecular formula is C19H20F5N5O3S2. The van der Waals surface area contributed by atoms with Gasteiger partial charge in [-0.2, -0.15) is 22.5 Å². The lowest BCUT2D eigenvalue weighted by Crippen LogP contribution is -2.46. The van der Waals surface area contributed by atoms with Gasteiger partial charge in [0.1, 0.15) is 16.5 Å². The predicted molar refractivity (Wildman–Crippen MR) is 112 cm³/mol. The standard InChI is InChI=1S/C19H20F5N5O3S2/c1-34(31,32)15-9-13(20)11(8-14(15)21)10-28-6-7-29(18(28)30)12-2-4-27(5-3-12)17-25-16(26-33-17)19(22,23)24/h8-9,12H,2-7,10H2,1H3. The molecule has 186 valence electrons. The lowest BCUT2D eigenvalue weighted by atomic mass is 10.0. The second-order valence-corrected chi connectivity index (χ2v) is 10.9. The Labute approximate surface area is 196 Å². The molecule has 15 heteroatoms. The Morgan fingerprint density at radius 1 is 1.09 bits per heavy atom. The van der Waals surface area contributed by atoms with Crippen molar-refractivity contribution in [2.75, 3.05) is 37.3 Å². The minimum absolute atomic E-state index is 0.133. The maximum Gasteiger partial charge on any atom is 0.452 e. The Morgan fingerprint density at radius 3 is 2.35 bits per heavy atom. The van der Waals surface area contributed by atoms with Gasteiger partial charge in [-0.05, 0) is 25.0 Å². The highest BCUT2D eigenvalue weighted by molar-refractivity contribution is 7.90. The molecule has 1 aromatic heterocycles. The van der Waals surface area contributed by atoms with Crippen LogP contribution >= 0.6 is 11.5 Å². The largest absolute Gasteiger partial charge is 0.452 e. The quantitative estimate of drug-likeness (QED) is 0.558. The van der Waals surface area contributed by atoms with Crippen LogP contribution in [0.3, 0.4) is 0 Å². The number of carbonyl (C=O) groups is 1. The number of nitrogens with zero attached hydrogens (tertiary/aromatic N) is 5. The smallest absolute Gasteiger partial charge is 0.347 e. The fraction of sp³-hybridized carbons (Fsp3) is 0.526. The van der Waals surface area contributed by atoms with E-state index in [1.165, 1.54) is 4.90 Å². The number of rotatable bonds is 5. The highest BCUT2D eigenvalue weighted by Crippen LogP contribution is 2.32. The fourth-order valence-electron chi connectivity index (χ4n) is 4.10. The number of aromatic nitrogens is 2. The van der Waals surface area contributed by atoms with Crippen LogP contribution in [0.2, 0.25) is 0 Å². The normalized spacial score (nSPS) is 18.3. The van der Waals surface area contributed by atoms with Crippen LogP contribution in [0.1, 0.15) is 24.2 Å². The van der Waals surface area contributed by atoms with Gasteiger partial charge in [0.2, 0.25) is 11.0 Å². The number of alkyl halides is 3. The number of urea groups is 1. The molecule has 0 unspecified atom stereocenters. The minimum atomic E-state index is -4.61. The van der Waals surface area contributed by atoms with Crippen LogP contribution in [-0.4, -0.2) is 72.1 Å². The first-order valence-electron chi connectivity index (χ1n) is 10.2. The molecule has 0 atom stereocenters. The van der Waals surface area contributed by atoms with E-state index in [2.05, 4.69) is 9.36 Å². The number of anilines is 1. The number of sulfone groups is 1. The van der Waals surface area contributed by atoms with E-state index in [9.17, 15) is 35.2 Å². The number of hydrogen-bond donors (Lipinski definition) is 0. The van der Waals surface area contributed by atoms with Gasteiger partial charge in [-0.15, -0.1) is 0 Å². The van der Waals surface area contributed by atoms with E-state index >= 15 is 0 Å². The van der Waals surface area contributed by atoms with Crippen LogP contribution in [0.15, 0.2) is 17.0 Å². The van der Waals surface area contributed by atoms with Crippen molar-refractivity contribution in [1.29, 1.82) is 0 Å². The molecule has 0 saturated carbocycles. The van der Waals surface area contributed by atoms with Gasteiger partial charge >= 0.3 is 12.2 Å². The number of carbonyl (C=O) groups excluding carboxylic acids is 1. The van der Waals surface area contributed by atoms with Gasteiger partial charge in [0.05, 0.1) is 6.54 Å². The van der Waals surface area contributed by atoms with E-state index in [1.807, 2.05) is 0 Å². The molecule has 2 aliphatic heterocycles. The van der Waals surface area contributed by atoms with E-state index in [0.717, 1.165) is 12.3 Å². The number of piperidine rings is 1. The summed E-state index contributed by atoms with van der Waals surface area (Å²) in [5.74, 6) is -3.18. The van der Waals surface area contributed by atoms with Gasteiger partial charge in [-0.3, -0.25) is 0 Å². The van der Waals surface area contributed by atoms with E-state index in [0.29, 0.717) is 50.1 Å². The summed E-state index contributed by atoms with van der Waals surface area (Å²) >= 11 is 0.676. The zero-order chi connectivity index (χ0) is 24.8. The molecule has 3 heterocycles. The molecule has 2 aromatic rings. The number of amides is 2. The summed E-state index contributed by atoms with van der Waals surface area (Å²) in [5, 5.41) is 0.176. The summed E-state index contributed by atoms with van der Waals surface area (Å²) in [7, 11) is -3.94. The summed E-state index contributed by atoms with van der Waals surface area (Å²) in [6, 6.07) is 0.891. The monoisotopic (exact) mass is 525 g/mol. The van der Waals surface area contributed by atoms with Crippen molar-refractivity contribution in [3.63, 3.8) is 0 Å². The Hall–Kier alpha value is -2.55. The van der Waals surface area contributed by atoms with Crippen molar-refractivity contribution in [2.24, 2.45) is 0 Å². The molecule has 0 spiro atoms. The van der Waals surface area contributed by atoms with Crippen LogP contribution in [-0.2, 0) is 22.6 Å². The number of hydrogen-bond acceptors (Lipinski definition) is 7. The first-order valence-corrected chi connectivity index (χ1v) is 12.9. The number of benzene rings is 1. The maximum atomic E-state index is 14.4. The topological polar surface area (TPSA) is 86.7 Å². The van der Waals surface area contributed by atoms with Gasteiger partial charge in [0.15, 0.2) is 9.84 Å². The molecule has 0 N–H and O–H groups in total. The summed E-state index contributed by atoms with van der Waals surface area (Å²) in [6.45, 7) is 1.22. The van der Waals surface area contributed by atoms with E-state index < -0.39 is 38.4 Å². The molecule has 0 aliphatic carbocycles. The van der Waals surface area contributed by atoms with Gasteiger partial charge in [0.25, 0.3) is 0 Å². The van der Waals surface area contributed by atoms with Crippen molar-refractivity contribution in [2.45, 2.75) is 36.5 Å². The third-order valence-electron chi connectivity index (χ3n) is 5.83. The van der Waals surface area contributed by atoms with Gasteiger partial charge in [-0.25, -0.2) is 22.0 Å². The average molecular weight is 526 g/mol. The zero-order valence-electron chi connectivity index (χ0n) is 17.8. The van der Waals surface area contributed by atoms with Crippen LogP contribution in [0.25, 0.3) is 0 Å². The predicted octanol–water partition coefficient (Wildman–Crippen LogP) is 3.15. The second-order valence-electron chi connectivity index (χ2n) is 8.16. The first-order chi connectivity index (χ1) is 15.8. The first kappa shape index (κ1) is 24.6. The molecule has 2 aliphatic rings. The summed E-state index contributed by atoms with van der Waals surface area (Å²) in [6.07, 6.45) is -2.82. The fourth-order valence-corrected chi connectivity index (χ4v) is 5.56. The molecule has 4 rings (SSSR count). The lowest BCUT2D eigenvalue weighted by Gasteiger charge is -2.36. The van der Waals surface area contributed by atoms with Gasteiger partial charge < -0.3 is 14.7 Å². The Bertz CT molecular complexity index is 1200. The summed E-state index contributed by atoms with van der Waals surface area (Å²) in [5.41, 5.74) is -0.133. The second kappa shape index (κ2) is 8.91. The van der Waals surface area contributed by atoms with Gasteiger partial charge in [-0.1, -0.05) is 0 Å². The van der Waals surface area contributed by atoms with Gasteiger partial charge in [0, 0.05) is 55.6 Å². The maximum absolute atomic E-state index is 14.4. The third-order valence-corrected chi connectivity index (χ3v) is 7.72. The molecule has 0 bridgehead atoms. The highest BCUT2D eigenvalue weighted by Gasteiger charge is 2.39. The Kier molecular flexibility index (Phi) is 6.44. The highest BCUT2D eigenvalue weighted by atomic mass is 32.2. The minimum Gasteiger partial charge on any atom is -0.347 e. The summed E-state index contributed by atoms with van der Waals surface area (Å²) < 4.78 is 93.2. The molecule has 34 heavy (non-hydrogen) atoms. The van der Waals surface area contributed by atoms with Crippen molar-refractivity contribution >= 4 is 32.5 Å². The SMILES string of the molecule is CS(=O)(=O)c1cc(F)c(CN2CCN(C3CCN(c4nc(C(F)(F)F)ns4)CC3)C2=O)cc1F. The van der Waals surface area contributed by atoms with Crippen LogP contribution in [0, 0.1) is 11.6 Å². The summed E-state index contributed by atoms with van der Waals surface area (Å²) in [4.78, 5) is 20.4. The van der Waals surface area contributed by atoms with Crippen molar-refractivity contribution < 1.29 is 35.2 Å². The Balaban J connectivity index is 1.37. The van der Waals surface area contributed by atoms with Crippen LogP contribution in [0.4, 0.5) is 31.9 Å². The van der Waals surface area contributed by atoms with Crippen molar-refractivity contribution in [1.82, 2.24) is 19.2 Å². The molecular weight excluding hydrogens is 505 g/mol. The molecule has 2 amide bonds. The molecule has 2 fully saturated rings. The van der Waals surface area contributed by atoms with E-state index in [4.69, 9.17) is 0 Å². The molecule has 1 aromatic carbocycles. The molecule has 0 radical (unpaired) electrons. The van der Waals surface area contributed by atoms with E-state index in [1.54, 1.807) is 9.80 Å². The lowest BCUT2D eigenvalue weighted by molar-refractivity contribution is -0.144. The molecule has 8 nitrogen and oxygen atoms in total. The van der Waals surface area contributed by atoms with E-state index in [-0.39, 0.29) is 35.9 Å². The Morgan fingerprint density at radius 2 is 1.76 bits per heavy atom. The van der Waals surface area contributed by atoms with Crippen molar-refractivity contribution in [3.05, 3.63) is 35.2 Å². The molecule has 2 saturated heterocycles.